The van der Waals surface area contributed by atoms with Crippen molar-refractivity contribution in [3.05, 3.63) is 0 Å². The van der Waals surface area contributed by atoms with E-state index in [1.807, 2.05) is 6.92 Å². The molecule has 0 fully saturated rings. The minimum Gasteiger partial charge on any atom is -0.314 e. The highest BCUT2D eigenvalue weighted by Gasteiger charge is 2.26. The summed E-state index contributed by atoms with van der Waals surface area (Å²) in [6, 6.07) is 0.313. The first-order valence-corrected chi connectivity index (χ1v) is 5.70. The second-order valence-corrected chi connectivity index (χ2v) is 4.04. The van der Waals surface area contributed by atoms with Crippen LogP contribution in [-0.2, 0) is 0 Å². The van der Waals surface area contributed by atoms with Crippen LogP contribution in [0.25, 0.3) is 0 Å². The Bertz CT molecular complexity index is 152. The number of rotatable bonds is 7. The van der Waals surface area contributed by atoms with Gasteiger partial charge in [-0.1, -0.05) is 26.7 Å². The van der Waals surface area contributed by atoms with E-state index in [-0.39, 0.29) is 6.42 Å². The first kappa shape index (κ1) is 14.8. The quantitative estimate of drug-likeness (QED) is 0.651. The van der Waals surface area contributed by atoms with E-state index >= 15 is 0 Å². The summed E-state index contributed by atoms with van der Waals surface area (Å²) < 4.78 is 35.5. The van der Waals surface area contributed by atoms with Gasteiger partial charge in [-0.25, -0.2) is 0 Å². The molecule has 1 N–H and O–H groups in total. The minimum atomic E-state index is -4.01. The van der Waals surface area contributed by atoms with E-state index in [9.17, 15) is 13.2 Å². The van der Waals surface area contributed by atoms with Crippen LogP contribution in [-0.4, -0.2) is 18.8 Å². The van der Waals surface area contributed by atoms with Gasteiger partial charge < -0.3 is 5.32 Å². The molecular weight excluding hydrogens is 203 g/mol. The second-order valence-electron chi connectivity index (χ2n) is 4.04. The highest BCUT2D eigenvalue weighted by Crippen LogP contribution is 2.21. The SMILES string of the molecule is CCC(CC)C(C)NCCCC(F)(F)F. The van der Waals surface area contributed by atoms with Crippen molar-refractivity contribution in [3.63, 3.8) is 0 Å². The average molecular weight is 225 g/mol. The maximum Gasteiger partial charge on any atom is 0.389 e. The summed E-state index contributed by atoms with van der Waals surface area (Å²) in [6.07, 6.45) is -2.38. The van der Waals surface area contributed by atoms with Crippen molar-refractivity contribution in [1.82, 2.24) is 5.32 Å². The lowest BCUT2D eigenvalue weighted by molar-refractivity contribution is -0.135. The molecule has 0 aromatic heterocycles. The minimum absolute atomic E-state index is 0.175. The molecule has 4 heteroatoms. The molecule has 0 amide bonds. The van der Waals surface area contributed by atoms with Gasteiger partial charge in [0.2, 0.25) is 0 Å². The molecule has 0 aromatic carbocycles. The average Bonchev–Trinajstić information content (AvgIpc) is 2.13. The van der Waals surface area contributed by atoms with Crippen LogP contribution < -0.4 is 5.32 Å². The van der Waals surface area contributed by atoms with E-state index in [1.54, 1.807) is 0 Å². The molecule has 0 radical (unpaired) electrons. The molecule has 1 nitrogen and oxygen atoms in total. The number of hydrogen-bond donors (Lipinski definition) is 1. The van der Waals surface area contributed by atoms with Crippen molar-refractivity contribution in [2.24, 2.45) is 5.92 Å². The summed E-state index contributed by atoms with van der Waals surface area (Å²) in [7, 11) is 0. The van der Waals surface area contributed by atoms with Crippen LogP contribution in [0.15, 0.2) is 0 Å². The fourth-order valence-electron chi connectivity index (χ4n) is 1.78. The Morgan fingerprint density at radius 3 is 2.07 bits per heavy atom. The number of halogens is 3. The van der Waals surface area contributed by atoms with Crippen molar-refractivity contribution in [2.45, 2.75) is 58.7 Å². The third-order valence-electron chi connectivity index (χ3n) is 2.86. The van der Waals surface area contributed by atoms with Gasteiger partial charge in [0.1, 0.15) is 0 Å². The molecule has 0 aliphatic heterocycles. The van der Waals surface area contributed by atoms with Crippen molar-refractivity contribution in [3.8, 4) is 0 Å². The summed E-state index contributed by atoms with van der Waals surface area (Å²) in [5, 5.41) is 3.16. The zero-order valence-electron chi connectivity index (χ0n) is 9.82. The van der Waals surface area contributed by atoms with Crippen molar-refractivity contribution < 1.29 is 13.2 Å². The second kappa shape index (κ2) is 7.09. The van der Waals surface area contributed by atoms with Gasteiger partial charge in [0.05, 0.1) is 0 Å². The molecule has 1 atom stereocenters. The fraction of sp³-hybridized carbons (Fsp3) is 1.00. The highest BCUT2D eigenvalue weighted by atomic mass is 19.4. The van der Waals surface area contributed by atoms with Crippen LogP contribution in [0.2, 0.25) is 0 Å². The van der Waals surface area contributed by atoms with Crippen LogP contribution in [0.3, 0.4) is 0 Å². The number of hydrogen-bond acceptors (Lipinski definition) is 1. The lowest BCUT2D eigenvalue weighted by Gasteiger charge is -2.22. The van der Waals surface area contributed by atoms with Gasteiger partial charge in [-0.2, -0.15) is 13.2 Å². The smallest absolute Gasteiger partial charge is 0.314 e. The van der Waals surface area contributed by atoms with Crippen LogP contribution in [0.1, 0.15) is 46.5 Å². The van der Waals surface area contributed by atoms with E-state index in [0.29, 0.717) is 18.5 Å². The number of nitrogens with one attached hydrogen (secondary N) is 1. The van der Waals surface area contributed by atoms with Crippen molar-refractivity contribution >= 4 is 0 Å². The first-order valence-electron chi connectivity index (χ1n) is 5.70. The normalized spacial score (nSPS) is 14.6. The van der Waals surface area contributed by atoms with Gasteiger partial charge in [-0.05, 0) is 25.8 Å². The molecule has 0 saturated heterocycles. The summed E-state index contributed by atoms with van der Waals surface area (Å²) in [5.74, 6) is 0.566. The maximum absolute atomic E-state index is 11.8. The fourth-order valence-corrected chi connectivity index (χ4v) is 1.78. The molecule has 92 valence electrons. The predicted octanol–water partition coefficient (Wildman–Crippen LogP) is 3.74. The summed E-state index contributed by atoms with van der Waals surface area (Å²) in [6.45, 7) is 6.73. The molecule has 0 rings (SSSR count). The largest absolute Gasteiger partial charge is 0.389 e. The van der Waals surface area contributed by atoms with E-state index in [4.69, 9.17) is 0 Å². The summed E-state index contributed by atoms with van der Waals surface area (Å²) >= 11 is 0. The molecule has 0 aliphatic carbocycles. The first-order chi connectivity index (χ1) is 6.90. The van der Waals surface area contributed by atoms with Gasteiger partial charge >= 0.3 is 6.18 Å². The van der Waals surface area contributed by atoms with Crippen molar-refractivity contribution in [1.29, 1.82) is 0 Å². The molecule has 0 saturated carbocycles. The Morgan fingerprint density at radius 2 is 1.67 bits per heavy atom. The molecule has 15 heavy (non-hydrogen) atoms. The molecule has 0 heterocycles. The monoisotopic (exact) mass is 225 g/mol. The van der Waals surface area contributed by atoms with Crippen LogP contribution in [0.4, 0.5) is 13.2 Å². The Labute approximate surface area is 90.4 Å². The van der Waals surface area contributed by atoms with Gasteiger partial charge in [0, 0.05) is 12.5 Å². The molecule has 0 aliphatic rings. The van der Waals surface area contributed by atoms with E-state index in [1.165, 1.54) is 0 Å². The molecular formula is C11H22F3N. The van der Waals surface area contributed by atoms with Gasteiger partial charge in [0.15, 0.2) is 0 Å². The molecule has 0 aromatic rings. The Hall–Kier alpha value is -0.250. The number of alkyl halides is 3. The van der Waals surface area contributed by atoms with E-state index in [2.05, 4.69) is 19.2 Å². The zero-order chi connectivity index (χ0) is 11.9. The molecule has 0 spiro atoms. The standard InChI is InChI=1S/C11H22F3N/c1-4-10(5-2)9(3)15-8-6-7-11(12,13)14/h9-10,15H,4-8H2,1-3H3. The van der Waals surface area contributed by atoms with Crippen LogP contribution >= 0.6 is 0 Å². The zero-order valence-corrected chi connectivity index (χ0v) is 9.82. The lowest BCUT2D eigenvalue weighted by atomic mass is 9.95. The van der Waals surface area contributed by atoms with Gasteiger partial charge in [-0.15, -0.1) is 0 Å². The van der Waals surface area contributed by atoms with Gasteiger partial charge in [0.25, 0.3) is 0 Å². The van der Waals surface area contributed by atoms with E-state index in [0.717, 1.165) is 12.8 Å². The predicted molar refractivity (Wildman–Crippen MR) is 56.8 cm³/mol. The maximum atomic E-state index is 11.8. The Balaban J connectivity index is 3.58. The topological polar surface area (TPSA) is 12.0 Å². The van der Waals surface area contributed by atoms with Crippen LogP contribution in [0.5, 0.6) is 0 Å². The van der Waals surface area contributed by atoms with E-state index < -0.39 is 12.6 Å². The molecule has 1 unspecified atom stereocenters. The highest BCUT2D eigenvalue weighted by molar-refractivity contribution is 4.70. The lowest BCUT2D eigenvalue weighted by Crippen LogP contribution is -2.34. The van der Waals surface area contributed by atoms with Gasteiger partial charge in [-0.3, -0.25) is 0 Å². The third kappa shape index (κ3) is 7.65. The Kier molecular flexibility index (Phi) is 6.98. The molecule has 0 bridgehead atoms. The summed E-state index contributed by atoms with van der Waals surface area (Å²) in [4.78, 5) is 0. The van der Waals surface area contributed by atoms with Crippen molar-refractivity contribution in [2.75, 3.05) is 6.54 Å². The Morgan fingerprint density at radius 1 is 1.13 bits per heavy atom. The summed E-state index contributed by atoms with van der Waals surface area (Å²) in [5.41, 5.74) is 0. The van der Waals surface area contributed by atoms with Crippen LogP contribution in [0, 0.1) is 5.92 Å². The third-order valence-corrected chi connectivity index (χ3v) is 2.86.